The van der Waals surface area contributed by atoms with Crippen molar-refractivity contribution >= 4 is 5.97 Å². The summed E-state index contributed by atoms with van der Waals surface area (Å²) < 4.78 is 40.1. The van der Waals surface area contributed by atoms with Gasteiger partial charge in [0.1, 0.15) is 6.61 Å². The molecule has 0 aliphatic heterocycles. The zero-order valence-electron chi connectivity index (χ0n) is 11.8. The van der Waals surface area contributed by atoms with Crippen molar-refractivity contribution in [2.24, 2.45) is 5.92 Å². The van der Waals surface area contributed by atoms with Crippen LogP contribution >= 0.6 is 0 Å². The van der Waals surface area contributed by atoms with E-state index in [4.69, 9.17) is 0 Å². The first-order valence-electron chi connectivity index (χ1n) is 6.71. The molecule has 0 spiro atoms. The van der Waals surface area contributed by atoms with E-state index in [1.54, 1.807) is 0 Å². The zero-order chi connectivity index (χ0) is 15.9. The second-order valence-electron chi connectivity index (χ2n) is 4.98. The maximum Gasteiger partial charge on any atom is 0.411 e. The lowest BCUT2D eigenvalue weighted by Crippen LogP contribution is -2.20. The first-order chi connectivity index (χ1) is 9.79. The summed E-state index contributed by atoms with van der Waals surface area (Å²) in [7, 11) is 0. The van der Waals surface area contributed by atoms with E-state index in [-0.39, 0.29) is 6.61 Å². The SMILES string of the molecule is Cc1ccccc1CC(CCCOCC(F)(F)F)C(=O)O. The number of aryl methyl sites for hydroxylation is 1. The third kappa shape index (κ3) is 7.13. The predicted molar refractivity (Wildman–Crippen MR) is 72.1 cm³/mol. The average molecular weight is 304 g/mol. The van der Waals surface area contributed by atoms with Gasteiger partial charge in [-0.05, 0) is 37.3 Å². The van der Waals surface area contributed by atoms with Gasteiger partial charge in [-0.25, -0.2) is 0 Å². The van der Waals surface area contributed by atoms with Gasteiger partial charge in [-0.15, -0.1) is 0 Å². The molecule has 1 rings (SSSR count). The Bertz CT molecular complexity index is 458. The van der Waals surface area contributed by atoms with Gasteiger partial charge in [0.25, 0.3) is 0 Å². The number of rotatable bonds is 8. The molecule has 6 heteroatoms. The van der Waals surface area contributed by atoms with Crippen LogP contribution in [0.2, 0.25) is 0 Å². The van der Waals surface area contributed by atoms with Crippen LogP contribution in [-0.2, 0) is 16.0 Å². The van der Waals surface area contributed by atoms with E-state index in [0.29, 0.717) is 19.3 Å². The molecule has 0 saturated carbocycles. The highest BCUT2D eigenvalue weighted by molar-refractivity contribution is 5.70. The van der Waals surface area contributed by atoms with E-state index in [9.17, 15) is 23.1 Å². The van der Waals surface area contributed by atoms with E-state index < -0.39 is 24.7 Å². The molecule has 0 heterocycles. The van der Waals surface area contributed by atoms with Crippen molar-refractivity contribution < 1.29 is 27.8 Å². The van der Waals surface area contributed by atoms with Crippen molar-refractivity contribution in [2.45, 2.75) is 32.4 Å². The summed E-state index contributed by atoms with van der Waals surface area (Å²) in [6, 6.07) is 7.49. The highest BCUT2D eigenvalue weighted by Gasteiger charge is 2.27. The van der Waals surface area contributed by atoms with Crippen LogP contribution in [0, 0.1) is 12.8 Å². The minimum absolute atomic E-state index is 0.0862. The molecule has 1 unspecified atom stereocenters. The number of alkyl halides is 3. The maximum atomic E-state index is 11.9. The van der Waals surface area contributed by atoms with Gasteiger partial charge < -0.3 is 9.84 Å². The minimum Gasteiger partial charge on any atom is -0.481 e. The quantitative estimate of drug-likeness (QED) is 0.746. The van der Waals surface area contributed by atoms with Crippen molar-refractivity contribution in [3.8, 4) is 0 Å². The predicted octanol–water partition coefficient (Wildman–Crippen LogP) is 3.60. The molecule has 118 valence electrons. The lowest BCUT2D eigenvalue weighted by atomic mass is 9.93. The zero-order valence-corrected chi connectivity index (χ0v) is 11.8. The van der Waals surface area contributed by atoms with Crippen LogP contribution < -0.4 is 0 Å². The molecule has 1 aromatic carbocycles. The monoisotopic (exact) mass is 304 g/mol. The number of hydrogen-bond acceptors (Lipinski definition) is 2. The summed E-state index contributed by atoms with van der Waals surface area (Å²) >= 11 is 0. The number of hydrogen-bond donors (Lipinski definition) is 1. The van der Waals surface area contributed by atoms with E-state index in [1.807, 2.05) is 31.2 Å². The Morgan fingerprint density at radius 2 is 2.00 bits per heavy atom. The Hall–Kier alpha value is -1.56. The molecule has 0 amide bonds. The topological polar surface area (TPSA) is 46.5 Å². The van der Waals surface area contributed by atoms with Crippen LogP contribution in [-0.4, -0.2) is 30.5 Å². The summed E-state index contributed by atoms with van der Waals surface area (Å²) in [6.07, 6.45) is -3.38. The molecule has 0 saturated heterocycles. The molecule has 3 nitrogen and oxygen atoms in total. The summed E-state index contributed by atoms with van der Waals surface area (Å²) in [4.78, 5) is 11.2. The fraction of sp³-hybridized carbons (Fsp3) is 0.533. The van der Waals surface area contributed by atoms with Crippen LogP contribution in [0.5, 0.6) is 0 Å². The second kappa shape index (κ2) is 8.02. The van der Waals surface area contributed by atoms with Gasteiger partial charge in [-0.1, -0.05) is 24.3 Å². The normalized spacial score (nSPS) is 13.1. The Morgan fingerprint density at radius 3 is 2.57 bits per heavy atom. The Labute approximate surface area is 121 Å². The molecule has 21 heavy (non-hydrogen) atoms. The number of benzene rings is 1. The Morgan fingerprint density at radius 1 is 1.33 bits per heavy atom. The highest BCUT2D eigenvalue weighted by Crippen LogP contribution is 2.18. The van der Waals surface area contributed by atoms with Crippen molar-refractivity contribution in [2.75, 3.05) is 13.2 Å². The molecule has 0 aliphatic carbocycles. The van der Waals surface area contributed by atoms with E-state index in [0.717, 1.165) is 11.1 Å². The summed E-state index contributed by atoms with van der Waals surface area (Å²) in [5.41, 5.74) is 1.96. The van der Waals surface area contributed by atoms with E-state index in [1.165, 1.54) is 0 Å². The van der Waals surface area contributed by atoms with Crippen molar-refractivity contribution in [1.82, 2.24) is 0 Å². The van der Waals surface area contributed by atoms with Crippen molar-refractivity contribution in [3.63, 3.8) is 0 Å². The number of ether oxygens (including phenoxy) is 1. The molecule has 0 aliphatic rings. The van der Waals surface area contributed by atoms with Gasteiger partial charge in [-0.3, -0.25) is 4.79 Å². The fourth-order valence-corrected chi connectivity index (χ4v) is 2.04. The van der Waals surface area contributed by atoms with Crippen molar-refractivity contribution in [3.05, 3.63) is 35.4 Å². The number of aliphatic carboxylic acids is 1. The largest absolute Gasteiger partial charge is 0.481 e. The Balaban J connectivity index is 2.41. The molecular formula is C15H19F3O3. The summed E-state index contributed by atoms with van der Waals surface area (Å²) in [6.45, 7) is 0.528. The Kier molecular flexibility index (Phi) is 6.68. The van der Waals surface area contributed by atoms with Gasteiger partial charge >= 0.3 is 12.1 Å². The molecule has 1 N–H and O–H groups in total. The van der Waals surface area contributed by atoms with Gasteiger partial charge in [-0.2, -0.15) is 13.2 Å². The van der Waals surface area contributed by atoms with Gasteiger partial charge in [0.15, 0.2) is 0 Å². The van der Waals surface area contributed by atoms with E-state index >= 15 is 0 Å². The fourth-order valence-electron chi connectivity index (χ4n) is 2.04. The third-order valence-corrected chi connectivity index (χ3v) is 3.18. The van der Waals surface area contributed by atoms with Crippen molar-refractivity contribution in [1.29, 1.82) is 0 Å². The molecule has 1 aromatic rings. The number of halogens is 3. The van der Waals surface area contributed by atoms with Crippen LogP contribution in [0.1, 0.15) is 24.0 Å². The average Bonchev–Trinajstić information content (AvgIpc) is 2.37. The van der Waals surface area contributed by atoms with Crippen LogP contribution in [0.15, 0.2) is 24.3 Å². The molecule has 0 fully saturated rings. The summed E-state index contributed by atoms with van der Waals surface area (Å²) in [5, 5.41) is 9.19. The molecule has 0 bridgehead atoms. The highest BCUT2D eigenvalue weighted by atomic mass is 19.4. The number of carbonyl (C=O) groups is 1. The van der Waals surface area contributed by atoms with E-state index in [2.05, 4.69) is 4.74 Å². The van der Waals surface area contributed by atoms with Crippen LogP contribution in [0.25, 0.3) is 0 Å². The first-order valence-corrected chi connectivity index (χ1v) is 6.71. The lowest BCUT2D eigenvalue weighted by Gasteiger charge is -2.14. The van der Waals surface area contributed by atoms with Gasteiger partial charge in [0.05, 0.1) is 5.92 Å². The molecular weight excluding hydrogens is 285 g/mol. The third-order valence-electron chi connectivity index (χ3n) is 3.18. The summed E-state index contributed by atoms with van der Waals surface area (Å²) in [5.74, 6) is -1.55. The molecule has 0 aromatic heterocycles. The number of carboxylic acid groups (broad SMARTS) is 1. The second-order valence-corrected chi connectivity index (χ2v) is 4.98. The smallest absolute Gasteiger partial charge is 0.411 e. The number of carboxylic acids is 1. The van der Waals surface area contributed by atoms with Gasteiger partial charge in [0, 0.05) is 6.61 Å². The lowest BCUT2D eigenvalue weighted by molar-refractivity contribution is -0.174. The molecule has 1 atom stereocenters. The van der Waals surface area contributed by atoms with Gasteiger partial charge in [0.2, 0.25) is 0 Å². The minimum atomic E-state index is -4.34. The standard InChI is InChI=1S/C15H19F3O3/c1-11-5-2-3-6-12(11)9-13(14(19)20)7-4-8-21-10-15(16,17)18/h2-3,5-6,13H,4,7-10H2,1H3,(H,19,20). The van der Waals surface area contributed by atoms with Crippen LogP contribution in [0.3, 0.4) is 0 Å². The van der Waals surface area contributed by atoms with Crippen LogP contribution in [0.4, 0.5) is 13.2 Å². The molecule has 0 radical (unpaired) electrons. The maximum absolute atomic E-state index is 11.9. The first kappa shape index (κ1) is 17.5.